The molecule has 2 aromatic rings. The van der Waals surface area contributed by atoms with E-state index in [1.807, 2.05) is 6.07 Å². The summed E-state index contributed by atoms with van der Waals surface area (Å²) < 4.78 is 13.9. The first-order valence-corrected chi connectivity index (χ1v) is 7.75. The standard InChI is InChI=1S/C17H17BrFN/c18-16-10-12(19)8-9-15(16)17(20)14-7-2-1-6-13(14)11-4-3-5-11/h1-2,6-11,17H,3-5,20H2. The highest BCUT2D eigenvalue weighted by molar-refractivity contribution is 9.10. The molecule has 1 atom stereocenters. The molecule has 0 amide bonds. The Kier molecular flexibility index (Phi) is 3.90. The first kappa shape index (κ1) is 13.8. The Morgan fingerprint density at radius 2 is 1.85 bits per heavy atom. The molecule has 2 aromatic carbocycles. The van der Waals surface area contributed by atoms with Gasteiger partial charge in [-0.25, -0.2) is 4.39 Å². The Balaban J connectivity index is 1.99. The van der Waals surface area contributed by atoms with Crippen molar-refractivity contribution in [2.24, 2.45) is 5.73 Å². The van der Waals surface area contributed by atoms with Gasteiger partial charge in [0, 0.05) is 4.47 Å². The Morgan fingerprint density at radius 1 is 1.10 bits per heavy atom. The third-order valence-corrected chi connectivity index (χ3v) is 4.86. The van der Waals surface area contributed by atoms with Crippen LogP contribution in [0.25, 0.3) is 0 Å². The molecule has 1 nitrogen and oxygen atoms in total. The Labute approximate surface area is 127 Å². The van der Waals surface area contributed by atoms with E-state index in [0.29, 0.717) is 5.92 Å². The van der Waals surface area contributed by atoms with E-state index in [4.69, 9.17) is 5.73 Å². The van der Waals surface area contributed by atoms with Crippen LogP contribution in [0.2, 0.25) is 0 Å². The topological polar surface area (TPSA) is 26.0 Å². The van der Waals surface area contributed by atoms with Crippen molar-refractivity contribution in [3.8, 4) is 0 Å². The molecule has 0 aromatic heterocycles. The number of benzene rings is 2. The molecule has 1 saturated carbocycles. The summed E-state index contributed by atoms with van der Waals surface area (Å²) in [5, 5.41) is 0. The van der Waals surface area contributed by atoms with Gasteiger partial charge in [0.2, 0.25) is 0 Å². The van der Waals surface area contributed by atoms with Gasteiger partial charge >= 0.3 is 0 Å². The molecular weight excluding hydrogens is 317 g/mol. The highest BCUT2D eigenvalue weighted by atomic mass is 79.9. The number of hydrogen-bond acceptors (Lipinski definition) is 1. The Hall–Kier alpha value is -1.19. The molecular formula is C17H17BrFN. The van der Waals surface area contributed by atoms with Crippen molar-refractivity contribution in [1.82, 2.24) is 0 Å². The second kappa shape index (κ2) is 5.66. The zero-order chi connectivity index (χ0) is 14.1. The zero-order valence-corrected chi connectivity index (χ0v) is 12.7. The van der Waals surface area contributed by atoms with Gasteiger partial charge in [-0.15, -0.1) is 0 Å². The van der Waals surface area contributed by atoms with Crippen LogP contribution in [-0.2, 0) is 0 Å². The van der Waals surface area contributed by atoms with Crippen molar-refractivity contribution >= 4 is 15.9 Å². The lowest BCUT2D eigenvalue weighted by atomic mass is 9.76. The van der Waals surface area contributed by atoms with Crippen LogP contribution in [0.4, 0.5) is 4.39 Å². The minimum Gasteiger partial charge on any atom is -0.320 e. The molecule has 0 bridgehead atoms. The minimum atomic E-state index is -0.250. The summed E-state index contributed by atoms with van der Waals surface area (Å²) in [5.74, 6) is 0.386. The van der Waals surface area contributed by atoms with Crippen LogP contribution in [0.5, 0.6) is 0 Å². The fraction of sp³-hybridized carbons (Fsp3) is 0.294. The summed E-state index contributed by atoms with van der Waals surface area (Å²) in [6.45, 7) is 0. The maximum Gasteiger partial charge on any atom is 0.124 e. The molecule has 20 heavy (non-hydrogen) atoms. The molecule has 2 N–H and O–H groups in total. The van der Waals surface area contributed by atoms with Crippen LogP contribution in [0.15, 0.2) is 46.9 Å². The molecule has 1 aliphatic carbocycles. The van der Waals surface area contributed by atoms with E-state index in [9.17, 15) is 4.39 Å². The predicted molar refractivity (Wildman–Crippen MR) is 83.2 cm³/mol. The summed E-state index contributed by atoms with van der Waals surface area (Å²) in [7, 11) is 0. The summed E-state index contributed by atoms with van der Waals surface area (Å²) in [6.07, 6.45) is 3.79. The van der Waals surface area contributed by atoms with Gasteiger partial charge in [-0.05, 0) is 47.6 Å². The predicted octanol–water partition coefficient (Wildman–Crippen LogP) is 4.90. The second-order valence-electron chi connectivity index (χ2n) is 5.40. The van der Waals surface area contributed by atoms with Crippen LogP contribution in [0.1, 0.15) is 47.9 Å². The number of rotatable bonds is 3. The van der Waals surface area contributed by atoms with Gasteiger partial charge in [-0.3, -0.25) is 0 Å². The fourth-order valence-electron chi connectivity index (χ4n) is 2.81. The lowest BCUT2D eigenvalue weighted by Crippen LogP contribution is -2.18. The van der Waals surface area contributed by atoms with E-state index in [-0.39, 0.29) is 11.9 Å². The van der Waals surface area contributed by atoms with Gasteiger partial charge in [0.15, 0.2) is 0 Å². The zero-order valence-electron chi connectivity index (χ0n) is 11.2. The highest BCUT2D eigenvalue weighted by Crippen LogP contribution is 2.40. The van der Waals surface area contributed by atoms with E-state index in [1.165, 1.54) is 37.0 Å². The molecule has 104 valence electrons. The normalized spacial score (nSPS) is 16.8. The van der Waals surface area contributed by atoms with Crippen molar-refractivity contribution in [3.05, 3.63) is 69.4 Å². The van der Waals surface area contributed by atoms with Gasteiger partial charge in [-0.1, -0.05) is 52.7 Å². The lowest BCUT2D eigenvalue weighted by molar-refractivity contribution is 0.416. The fourth-order valence-corrected chi connectivity index (χ4v) is 3.40. The molecule has 0 radical (unpaired) electrons. The van der Waals surface area contributed by atoms with E-state index in [1.54, 1.807) is 6.07 Å². The van der Waals surface area contributed by atoms with Crippen LogP contribution < -0.4 is 5.73 Å². The molecule has 0 aliphatic heterocycles. The van der Waals surface area contributed by atoms with E-state index in [0.717, 1.165) is 15.6 Å². The summed E-state index contributed by atoms with van der Waals surface area (Å²) in [6, 6.07) is 12.8. The molecule has 0 saturated heterocycles. The van der Waals surface area contributed by atoms with Crippen LogP contribution >= 0.6 is 15.9 Å². The average molecular weight is 334 g/mol. The van der Waals surface area contributed by atoms with E-state index in [2.05, 4.69) is 34.1 Å². The molecule has 1 aliphatic rings. The number of halogens is 2. The third-order valence-electron chi connectivity index (χ3n) is 4.17. The Bertz CT molecular complexity index is 622. The maximum atomic E-state index is 13.2. The SMILES string of the molecule is NC(c1ccc(F)cc1Br)c1ccccc1C1CCC1. The molecule has 1 fully saturated rings. The van der Waals surface area contributed by atoms with Crippen molar-refractivity contribution in [1.29, 1.82) is 0 Å². The van der Waals surface area contributed by atoms with Gasteiger partial charge in [-0.2, -0.15) is 0 Å². The number of hydrogen-bond donors (Lipinski definition) is 1. The summed E-state index contributed by atoms with van der Waals surface area (Å²) in [4.78, 5) is 0. The van der Waals surface area contributed by atoms with Crippen molar-refractivity contribution in [2.45, 2.75) is 31.2 Å². The first-order valence-electron chi connectivity index (χ1n) is 6.96. The van der Waals surface area contributed by atoms with Crippen LogP contribution in [0.3, 0.4) is 0 Å². The van der Waals surface area contributed by atoms with E-state index >= 15 is 0 Å². The van der Waals surface area contributed by atoms with Gasteiger partial charge in [0.25, 0.3) is 0 Å². The van der Waals surface area contributed by atoms with Crippen molar-refractivity contribution in [2.75, 3.05) is 0 Å². The second-order valence-corrected chi connectivity index (χ2v) is 6.25. The smallest absolute Gasteiger partial charge is 0.124 e. The lowest BCUT2D eigenvalue weighted by Gasteiger charge is -2.29. The van der Waals surface area contributed by atoms with Gasteiger partial charge < -0.3 is 5.73 Å². The van der Waals surface area contributed by atoms with Gasteiger partial charge in [0.05, 0.1) is 6.04 Å². The number of nitrogens with two attached hydrogens (primary N) is 1. The van der Waals surface area contributed by atoms with Gasteiger partial charge in [0.1, 0.15) is 5.82 Å². The molecule has 1 unspecified atom stereocenters. The minimum absolute atomic E-state index is 0.221. The third kappa shape index (κ3) is 2.52. The molecule has 3 heteroatoms. The molecule has 0 spiro atoms. The highest BCUT2D eigenvalue weighted by Gasteiger charge is 2.24. The van der Waals surface area contributed by atoms with E-state index < -0.39 is 0 Å². The molecule has 0 heterocycles. The quantitative estimate of drug-likeness (QED) is 0.848. The monoisotopic (exact) mass is 333 g/mol. The largest absolute Gasteiger partial charge is 0.320 e. The average Bonchev–Trinajstić information content (AvgIpc) is 2.37. The van der Waals surface area contributed by atoms with Crippen LogP contribution in [-0.4, -0.2) is 0 Å². The first-order chi connectivity index (χ1) is 9.66. The van der Waals surface area contributed by atoms with Crippen LogP contribution in [0, 0.1) is 5.82 Å². The Morgan fingerprint density at radius 3 is 2.50 bits per heavy atom. The molecule has 3 rings (SSSR count). The van der Waals surface area contributed by atoms with Crippen molar-refractivity contribution < 1.29 is 4.39 Å². The van der Waals surface area contributed by atoms with Crippen molar-refractivity contribution in [3.63, 3.8) is 0 Å². The maximum absolute atomic E-state index is 13.2. The summed E-state index contributed by atoms with van der Waals surface area (Å²) >= 11 is 3.42. The summed E-state index contributed by atoms with van der Waals surface area (Å²) in [5.41, 5.74) is 9.87.